The first-order valence-electron chi connectivity index (χ1n) is 16.0. The third-order valence-corrected chi connectivity index (χ3v) is 9.17. The molecule has 3 atom stereocenters. The van der Waals surface area contributed by atoms with Gasteiger partial charge in [0.1, 0.15) is 29.8 Å². The summed E-state index contributed by atoms with van der Waals surface area (Å²) in [6.45, 7) is 4.91. The van der Waals surface area contributed by atoms with Gasteiger partial charge in [0.25, 0.3) is 0 Å². The third kappa shape index (κ3) is 7.86. The second-order valence-corrected chi connectivity index (χ2v) is 13.4. The van der Waals surface area contributed by atoms with Gasteiger partial charge in [0.2, 0.25) is 11.8 Å². The fourth-order valence-electron chi connectivity index (χ4n) is 6.85. The minimum Gasteiger partial charge on any atom is -0.497 e. The quantitative estimate of drug-likeness (QED) is 0.226. The third-order valence-electron chi connectivity index (χ3n) is 9.17. The average molecular weight is 651 g/mol. The molecule has 1 aromatic heterocycles. The van der Waals surface area contributed by atoms with Crippen LogP contribution in [0.5, 0.6) is 5.75 Å². The molecule has 2 fully saturated rings. The molecule has 1 aliphatic heterocycles. The van der Waals surface area contributed by atoms with Crippen molar-refractivity contribution in [2.45, 2.75) is 76.5 Å². The van der Waals surface area contributed by atoms with Crippen LogP contribution in [-0.2, 0) is 14.3 Å². The molecule has 0 spiro atoms. The highest BCUT2D eigenvalue weighted by atomic mass is 19.1. The lowest BCUT2D eigenvalue weighted by molar-refractivity contribution is -0.141. The van der Waals surface area contributed by atoms with E-state index in [1.54, 1.807) is 51.0 Å². The number of aromatic nitrogens is 1. The molecule has 47 heavy (non-hydrogen) atoms. The van der Waals surface area contributed by atoms with Crippen LogP contribution in [0.2, 0.25) is 0 Å². The van der Waals surface area contributed by atoms with Crippen LogP contribution in [-0.4, -0.2) is 76.9 Å². The van der Waals surface area contributed by atoms with Crippen molar-refractivity contribution in [1.82, 2.24) is 15.2 Å². The Bertz CT molecular complexity index is 1610. The number of benzene rings is 2. The van der Waals surface area contributed by atoms with E-state index in [0.29, 0.717) is 61.0 Å². The number of nitrogens with one attached hydrogen (secondary N) is 3. The molecule has 3 amide bonds. The molecular weight excluding hydrogens is 607 g/mol. The molecule has 12 heteroatoms. The Hall–Kier alpha value is -4.61. The zero-order valence-corrected chi connectivity index (χ0v) is 27.2. The van der Waals surface area contributed by atoms with Gasteiger partial charge in [0, 0.05) is 35.0 Å². The number of ether oxygens (including phenoxy) is 2. The summed E-state index contributed by atoms with van der Waals surface area (Å²) in [4.78, 5) is 56.3. The Morgan fingerprint density at radius 2 is 1.72 bits per heavy atom. The fourth-order valence-corrected chi connectivity index (χ4v) is 6.85. The van der Waals surface area contributed by atoms with E-state index in [1.807, 2.05) is 24.3 Å². The van der Waals surface area contributed by atoms with Gasteiger partial charge < -0.3 is 35.1 Å². The minimum absolute atomic E-state index is 0.0452. The number of rotatable bonds is 9. The van der Waals surface area contributed by atoms with Crippen molar-refractivity contribution >= 4 is 40.5 Å². The Morgan fingerprint density at radius 1 is 1.02 bits per heavy atom. The number of likely N-dealkylation sites (tertiary alicyclic amines) is 1. The van der Waals surface area contributed by atoms with Gasteiger partial charge >= 0.3 is 12.1 Å². The zero-order valence-electron chi connectivity index (χ0n) is 27.2. The molecule has 2 aliphatic rings. The van der Waals surface area contributed by atoms with E-state index in [0.717, 1.165) is 5.56 Å². The van der Waals surface area contributed by atoms with Crippen molar-refractivity contribution in [3.05, 3.63) is 59.8 Å². The first-order valence-corrected chi connectivity index (χ1v) is 16.0. The zero-order chi connectivity index (χ0) is 33.9. The number of carbonyl (C=O) groups excluding carboxylic acids is 3. The lowest BCUT2D eigenvalue weighted by Crippen LogP contribution is -2.49. The summed E-state index contributed by atoms with van der Waals surface area (Å²) in [5.74, 6) is -1.56. The Labute approximate surface area is 273 Å². The molecule has 1 aliphatic carbocycles. The lowest BCUT2D eigenvalue weighted by Gasteiger charge is -2.36. The van der Waals surface area contributed by atoms with Crippen LogP contribution in [0.4, 0.5) is 14.9 Å². The molecular formula is C35H43FN4O7. The van der Waals surface area contributed by atoms with Crippen molar-refractivity contribution in [1.29, 1.82) is 0 Å². The standard InChI is InChI=1S/C35H43FN4O7/c1-35(2,3)47-34(45)39-29(19-36)21-5-7-22(8-6-21)32(42)40-16-15-26(20-9-12-25(46-4)13-10-20)30(40)31(41)37-24-11-14-27-23(17-24)18-28(38-27)33(43)44/h9-14,17-18,21-22,26,29-30,38H,5-8,15-16,19H2,1-4H3,(H,37,41)(H,39,45)(H,43,44)/t21-,22-,26-,29-,30+/m1/s1. The van der Waals surface area contributed by atoms with Gasteiger partial charge in [-0.3, -0.25) is 9.59 Å². The summed E-state index contributed by atoms with van der Waals surface area (Å²) >= 11 is 0. The molecule has 0 radical (unpaired) electrons. The van der Waals surface area contributed by atoms with E-state index in [9.17, 15) is 28.7 Å². The van der Waals surface area contributed by atoms with Gasteiger partial charge in [0.05, 0.1) is 13.2 Å². The van der Waals surface area contributed by atoms with Crippen LogP contribution in [0.1, 0.15) is 74.8 Å². The number of carboxylic acids is 1. The van der Waals surface area contributed by atoms with Crippen LogP contribution >= 0.6 is 0 Å². The number of halogens is 1. The van der Waals surface area contributed by atoms with Gasteiger partial charge in [0.15, 0.2) is 0 Å². The van der Waals surface area contributed by atoms with Crippen molar-refractivity contribution in [2.24, 2.45) is 11.8 Å². The van der Waals surface area contributed by atoms with E-state index < -0.39 is 36.4 Å². The smallest absolute Gasteiger partial charge is 0.407 e. The van der Waals surface area contributed by atoms with Crippen LogP contribution in [0.3, 0.4) is 0 Å². The molecule has 2 heterocycles. The number of carbonyl (C=O) groups is 4. The molecule has 0 unspecified atom stereocenters. The van der Waals surface area contributed by atoms with Crippen molar-refractivity contribution < 1.29 is 38.1 Å². The number of alkyl halides is 1. The molecule has 4 N–H and O–H groups in total. The summed E-state index contributed by atoms with van der Waals surface area (Å²) in [5.41, 5.74) is 1.37. The lowest BCUT2D eigenvalue weighted by atomic mass is 9.78. The molecule has 252 valence electrons. The summed E-state index contributed by atoms with van der Waals surface area (Å²) < 4.78 is 24.6. The number of nitrogens with zero attached hydrogens (tertiary/aromatic N) is 1. The maximum absolute atomic E-state index is 14.1. The molecule has 1 saturated carbocycles. The van der Waals surface area contributed by atoms with Gasteiger partial charge in [-0.1, -0.05) is 12.1 Å². The fraction of sp³-hybridized carbons (Fsp3) is 0.486. The number of anilines is 1. The molecule has 5 rings (SSSR count). The topological polar surface area (TPSA) is 150 Å². The summed E-state index contributed by atoms with van der Waals surface area (Å²) in [6, 6.07) is 12.6. The molecule has 0 bridgehead atoms. The Balaban J connectivity index is 1.31. The van der Waals surface area contributed by atoms with E-state index >= 15 is 0 Å². The number of hydrogen-bond acceptors (Lipinski definition) is 6. The highest BCUT2D eigenvalue weighted by Crippen LogP contribution is 2.39. The van der Waals surface area contributed by atoms with E-state index in [1.165, 1.54) is 6.07 Å². The number of aromatic carboxylic acids is 1. The summed E-state index contributed by atoms with van der Waals surface area (Å²) in [5, 5.41) is 15.6. The number of H-pyrrole nitrogens is 1. The maximum atomic E-state index is 14.1. The molecule has 2 aromatic carbocycles. The second kappa shape index (κ2) is 14.0. The number of fused-ring (bicyclic) bond motifs is 1. The molecule has 11 nitrogen and oxygen atoms in total. The van der Waals surface area contributed by atoms with E-state index in [-0.39, 0.29) is 35.3 Å². The predicted octanol–water partition coefficient (Wildman–Crippen LogP) is 5.87. The van der Waals surface area contributed by atoms with E-state index in [2.05, 4.69) is 15.6 Å². The van der Waals surface area contributed by atoms with Crippen LogP contribution in [0, 0.1) is 11.8 Å². The Kier molecular flexibility index (Phi) is 10.1. The number of alkyl carbamates (subject to hydrolysis) is 1. The first-order chi connectivity index (χ1) is 22.4. The molecule has 3 aromatic rings. The number of methoxy groups -OCH3 is 1. The number of aromatic amines is 1. The number of amides is 3. The monoisotopic (exact) mass is 650 g/mol. The highest BCUT2D eigenvalue weighted by molar-refractivity contribution is 6.01. The average Bonchev–Trinajstić information content (AvgIpc) is 3.68. The van der Waals surface area contributed by atoms with Gasteiger partial charge in [-0.2, -0.15) is 0 Å². The normalized spacial score (nSPS) is 22.0. The summed E-state index contributed by atoms with van der Waals surface area (Å²) in [7, 11) is 1.58. The van der Waals surface area contributed by atoms with Crippen molar-refractivity contribution in [3.8, 4) is 5.75 Å². The highest BCUT2D eigenvalue weighted by Gasteiger charge is 2.45. The van der Waals surface area contributed by atoms with Crippen LogP contribution in [0.25, 0.3) is 10.9 Å². The number of hydrogen-bond donors (Lipinski definition) is 4. The van der Waals surface area contributed by atoms with Crippen LogP contribution in [0.15, 0.2) is 48.5 Å². The maximum Gasteiger partial charge on any atom is 0.407 e. The predicted molar refractivity (Wildman–Crippen MR) is 174 cm³/mol. The SMILES string of the molecule is COc1ccc([C@H]2CCN(C(=O)[C@H]3CC[C@H]([C@@H](CF)NC(=O)OC(C)(C)C)CC3)[C@@H]2C(=O)Nc2ccc3[nH]c(C(=O)O)cc3c2)cc1. The van der Waals surface area contributed by atoms with Gasteiger partial charge in [-0.05, 0) is 101 Å². The Morgan fingerprint density at radius 3 is 2.34 bits per heavy atom. The second-order valence-electron chi connectivity index (χ2n) is 13.4. The molecule has 1 saturated heterocycles. The van der Waals surface area contributed by atoms with Crippen molar-refractivity contribution in [3.63, 3.8) is 0 Å². The van der Waals surface area contributed by atoms with Crippen LogP contribution < -0.4 is 15.4 Å². The minimum atomic E-state index is -1.08. The number of carboxylic acid groups (broad SMARTS) is 1. The first kappa shape index (κ1) is 33.7. The van der Waals surface area contributed by atoms with Gasteiger partial charge in [-0.15, -0.1) is 0 Å². The van der Waals surface area contributed by atoms with Crippen molar-refractivity contribution in [2.75, 3.05) is 25.6 Å². The largest absolute Gasteiger partial charge is 0.497 e. The van der Waals surface area contributed by atoms with Gasteiger partial charge in [-0.25, -0.2) is 14.0 Å². The van der Waals surface area contributed by atoms with E-state index in [4.69, 9.17) is 9.47 Å². The summed E-state index contributed by atoms with van der Waals surface area (Å²) in [6.07, 6.45) is 2.08.